The maximum atomic E-state index is 5.26. The highest BCUT2D eigenvalue weighted by atomic mass is 15.2. The predicted octanol–water partition coefficient (Wildman–Crippen LogP) is 24.0. The van der Waals surface area contributed by atoms with Crippen LogP contribution in [0.2, 0.25) is 0 Å². The van der Waals surface area contributed by atoms with Crippen LogP contribution in [0, 0.1) is 0 Å². The van der Waals surface area contributed by atoms with Gasteiger partial charge in [0.2, 0.25) is 5.95 Å². The molecule has 4 heterocycles. The van der Waals surface area contributed by atoms with Crippen LogP contribution in [0.5, 0.6) is 0 Å². The number of para-hydroxylation sites is 2. The summed E-state index contributed by atoms with van der Waals surface area (Å²) in [6.45, 7) is 0. The molecule has 0 saturated heterocycles. The van der Waals surface area contributed by atoms with Gasteiger partial charge in [0.05, 0.1) is 16.7 Å². The minimum atomic E-state index is 0.645. The lowest BCUT2D eigenvalue weighted by Gasteiger charge is -2.27. The Morgan fingerprint density at radius 3 is 0.969 bits per heavy atom. The maximum Gasteiger partial charge on any atom is 0.234 e. The van der Waals surface area contributed by atoms with E-state index in [-0.39, 0.29) is 0 Å². The van der Waals surface area contributed by atoms with Crippen molar-refractivity contribution in [3.8, 4) is 112 Å². The quantitative estimate of drug-likeness (QED) is 0.129. The first-order valence-corrected chi connectivity index (χ1v) is 33.2. The molecule has 17 aromatic rings. The molecule has 0 fully saturated rings. The fraction of sp³-hybridized carbons (Fsp3) is 0. The molecule has 0 aliphatic heterocycles. The fourth-order valence-corrected chi connectivity index (χ4v) is 14.6. The largest absolute Gasteiger partial charge is 0.310 e. The van der Waals surface area contributed by atoms with Crippen LogP contribution in [0.15, 0.2) is 371 Å². The molecule has 0 amide bonds. The van der Waals surface area contributed by atoms with Crippen molar-refractivity contribution in [2.24, 2.45) is 0 Å². The number of benzene rings is 13. The van der Waals surface area contributed by atoms with E-state index in [2.05, 4.69) is 375 Å². The first kappa shape index (κ1) is 57.4. The van der Waals surface area contributed by atoms with E-state index in [1.54, 1.807) is 12.4 Å². The van der Waals surface area contributed by atoms with Crippen LogP contribution >= 0.6 is 0 Å². The van der Waals surface area contributed by atoms with Gasteiger partial charge in [-0.3, -0.25) is 4.57 Å². The maximum absolute atomic E-state index is 5.26. The molecular formula is C91H61N7. The molecule has 7 nitrogen and oxygen atoms in total. The van der Waals surface area contributed by atoms with Crippen LogP contribution in [0.25, 0.3) is 134 Å². The molecule has 0 spiro atoms. The van der Waals surface area contributed by atoms with Crippen molar-refractivity contribution in [1.29, 1.82) is 0 Å². The van der Waals surface area contributed by atoms with Crippen LogP contribution < -0.4 is 9.80 Å². The van der Waals surface area contributed by atoms with Crippen molar-refractivity contribution in [3.63, 3.8) is 0 Å². The summed E-state index contributed by atoms with van der Waals surface area (Å²) < 4.78 is 4.43. The lowest BCUT2D eigenvalue weighted by Crippen LogP contribution is -2.10. The van der Waals surface area contributed by atoms with E-state index >= 15 is 0 Å². The zero-order valence-corrected chi connectivity index (χ0v) is 53.3. The van der Waals surface area contributed by atoms with E-state index in [1.165, 1.54) is 99.8 Å². The van der Waals surface area contributed by atoms with Gasteiger partial charge in [0, 0.05) is 86.4 Å². The minimum absolute atomic E-state index is 0.645. The monoisotopic (exact) mass is 1250 g/mol. The summed E-state index contributed by atoms with van der Waals surface area (Å²) in [4.78, 5) is 19.4. The summed E-state index contributed by atoms with van der Waals surface area (Å²) >= 11 is 0. The van der Waals surface area contributed by atoms with E-state index in [0.717, 1.165) is 62.2 Å². The van der Waals surface area contributed by atoms with Gasteiger partial charge in [-0.1, -0.05) is 255 Å². The van der Waals surface area contributed by atoms with Gasteiger partial charge in [-0.25, -0.2) is 15.0 Å². The van der Waals surface area contributed by atoms with E-state index in [1.807, 2.05) is 12.1 Å². The second-order valence-corrected chi connectivity index (χ2v) is 24.7. The van der Waals surface area contributed by atoms with Crippen molar-refractivity contribution in [2.45, 2.75) is 0 Å². The zero-order valence-electron chi connectivity index (χ0n) is 53.3. The third-order valence-electron chi connectivity index (χ3n) is 19.1. The number of fused-ring (bicyclic) bond motifs is 10. The summed E-state index contributed by atoms with van der Waals surface area (Å²) in [5.41, 5.74) is 30.0. The number of anilines is 6. The van der Waals surface area contributed by atoms with E-state index in [9.17, 15) is 0 Å². The van der Waals surface area contributed by atoms with E-state index in [0.29, 0.717) is 5.95 Å². The standard InChI is InChI=1S/C49H33N3.C42H28N4/c1-4-15-34(16-5-1)35-27-29-38(30-28-35)52(37-19-8-3-9-20-37)39-31-44-42-23-12-10-21-40(42)41-22-11-13-24-43(41)45-33-51(47(32-39)49(44)45)48-26-14-25-46(50-48)36-17-6-2-7-18-36;1-3-12-29(13-4-1)30-20-22-32(23-21-30)46(31-14-5-2-6-15-31)33-26-38-36-18-9-7-16-34(36)35-17-8-10-19-37(35)39-28-45(40(27-33)41(38)39)42-43-24-11-25-44-42/h1-33H;1-28H. The molecule has 460 valence electrons. The molecule has 0 bridgehead atoms. The number of hydrogen-bond donors (Lipinski definition) is 0. The zero-order chi connectivity index (χ0) is 64.9. The molecule has 13 aromatic carbocycles. The number of pyridine rings is 1. The molecule has 0 unspecified atom stereocenters. The number of aromatic nitrogens is 5. The summed E-state index contributed by atoms with van der Waals surface area (Å²) in [7, 11) is 0. The van der Waals surface area contributed by atoms with Gasteiger partial charge >= 0.3 is 0 Å². The predicted molar refractivity (Wildman–Crippen MR) is 405 cm³/mol. The van der Waals surface area contributed by atoms with Crippen LogP contribution in [-0.4, -0.2) is 24.1 Å². The first-order chi connectivity index (χ1) is 48.6. The smallest absolute Gasteiger partial charge is 0.234 e. The van der Waals surface area contributed by atoms with Crippen LogP contribution in [0.4, 0.5) is 34.1 Å². The molecule has 4 aromatic heterocycles. The van der Waals surface area contributed by atoms with Crippen LogP contribution in [0.1, 0.15) is 0 Å². The first-order valence-electron chi connectivity index (χ1n) is 33.2. The normalized spacial score (nSPS) is 11.5. The molecule has 98 heavy (non-hydrogen) atoms. The Bertz CT molecular complexity index is 5770. The Kier molecular flexibility index (Phi) is 14.4. The Hall–Kier alpha value is -13.2. The van der Waals surface area contributed by atoms with Gasteiger partial charge in [0.25, 0.3) is 0 Å². The number of rotatable bonds is 11. The van der Waals surface area contributed by atoms with Gasteiger partial charge in [0.15, 0.2) is 0 Å². The van der Waals surface area contributed by atoms with E-state index < -0.39 is 0 Å². The molecule has 0 atom stereocenters. The molecule has 2 aliphatic carbocycles. The molecule has 2 aliphatic rings. The highest BCUT2D eigenvalue weighted by Gasteiger charge is 2.30. The molecule has 7 heteroatoms. The van der Waals surface area contributed by atoms with Crippen LogP contribution in [0.3, 0.4) is 0 Å². The fourth-order valence-electron chi connectivity index (χ4n) is 14.6. The molecule has 0 N–H and O–H groups in total. The van der Waals surface area contributed by atoms with Gasteiger partial charge in [-0.2, -0.15) is 0 Å². The van der Waals surface area contributed by atoms with Crippen molar-refractivity contribution in [1.82, 2.24) is 24.1 Å². The molecule has 0 saturated carbocycles. The second kappa shape index (κ2) is 24.6. The Balaban J connectivity index is 0.000000143. The third kappa shape index (κ3) is 10.2. The SMILES string of the molecule is c1ccc(-c2ccc(N(c3ccccc3)c3cc4c5c(cn(-c6cccc(-c7ccccc7)n6)c5c3)-c3ccccc3-c3ccccc3-4)cc2)cc1.c1ccc(-c2ccc(N(c3ccccc3)c3cc4c5c(cn(-c6ncccn6)c5c3)-c3ccccc3-c3ccccc3-4)cc2)cc1. The van der Waals surface area contributed by atoms with Gasteiger partial charge < -0.3 is 14.4 Å². The Labute approximate surface area is 569 Å². The lowest BCUT2D eigenvalue weighted by molar-refractivity contribution is 0.962. The summed E-state index contributed by atoms with van der Waals surface area (Å²) in [5.74, 6) is 1.53. The molecule has 0 radical (unpaired) electrons. The second-order valence-electron chi connectivity index (χ2n) is 24.7. The van der Waals surface area contributed by atoms with Crippen LogP contribution in [-0.2, 0) is 0 Å². The topological polar surface area (TPSA) is 55.0 Å². The van der Waals surface area contributed by atoms with Crippen molar-refractivity contribution >= 4 is 55.9 Å². The van der Waals surface area contributed by atoms with Crippen molar-refractivity contribution < 1.29 is 0 Å². The minimum Gasteiger partial charge on any atom is -0.310 e. The van der Waals surface area contributed by atoms with Gasteiger partial charge in [-0.15, -0.1) is 0 Å². The molecule has 19 rings (SSSR count). The summed E-state index contributed by atoms with van der Waals surface area (Å²) in [5, 5.41) is 2.42. The molecular weight excluding hydrogens is 1190 g/mol. The van der Waals surface area contributed by atoms with Crippen molar-refractivity contribution in [2.75, 3.05) is 9.80 Å². The lowest BCUT2D eigenvalue weighted by atomic mass is 9.94. The van der Waals surface area contributed by atoms with Crippen molar-refractivity contribution in [3.05, 3.63) is 371 Å². The Morgan fingerprint density at radius 1 is 0.224 bits per heavy atom. The average molecular weight is 1250 g/mol. The highest BCUT2D eigenvalue weighted by molar-refractivity contribution is 6.17. The summed E-state index contributed by atoms with van der Waals surface area (Å²) in [6.07, 6.45) is 8.11. The number of nitrogens with zero attached hydrogens (tertiary/aromatic N) is 7. The van der Waals surface area contributed by atoms with Gasteiger partial charge in [-0.05, 0) is 169 Å². The summed E-state index contributed by atoms with van der Waals surface area (Å²) in [6, 6.07) is 123. The highest BCUT2D eigenvalue weighted by Crippen LogP contribution is 2.54. The average Bonchev–Trinajstić information content (AvgIpc) is 1.59. The Morgan fingerprint density at radius 2 is 0.551 bits per heavy atom. The van der Waals surface area contributed by atoms with Gasteiger partial charge in [0.1, 0.15) is 5.82 Å². The number of hydrogen-bond acceptors (Lipinski definition) is 5. The third-order valence-corrected chi connectivity index (χ3v) is 19.1. The van der Waals surface area contributed by atoms with E-state index in [4.69, 9.17) is 4.98 Å².